The van der Waals surface area contributed by atoms with E-state index in [4.69, 9.17) is 0 Å². The molecular weight excluding hydrogens is 274 g/mol. The van der Waals surface area contributed by atoms with E-state index < -0.39 is 0 Å². The minimum atomic E-state index is 0.170. The molecule has 1 aliphatic carbocycles. The van der Waals surface area contributed by atoms with Gasteiger partial charge in [0.1, 0.15) is 5.69 Å². The number of fused-ring (bicyclic) bond motifs is 1. The number of imidazole rings is 1. The smallest absolute Gasteiger partial charge is 0.159 e. The van der Waals surface area contributed by atoms with Gasteiger partial charge in [0.25, 0.3) is 0 Å². The molecule has 0 bridgehead atoms. The van der Waals surface area contributed by atoms with E-state index in [0.717, 1.165) is 11.5 Å². The van der Waals surface area contributed by atoms with E-state index in [1.165, 1.54) is 42.4 Å². The molecule has 1 aromatic carbocycles. The van der Waals surface area contributed by atoms with E-state index in [0.29, 0.717) is 0 Å². The quantitative estimate of drug-likeness (QED) is 0.807. The maximum atomic E-state index is 4.27. The van der Waals surface area contributed by atoms with Gasteiger partial charge in [0, 0.05) is 12.4 Å². The molecule has 0 fully saturated rings. The van der Waals surface area contributed by atoms with E-state index >= 15 is 0 Å². The number of aromatic amines is 1. The average Bonchev–Trinajstić information content (AvgIpc) is 3.24. The fraction of sp³-hybridized carbons (Fsp3) is 0.353. The molecule has 0 amide bonds. The molecule has 0 spiro atoms. The van der Waals surface area contributed by atoms with Crippen molar-refractivity contribution in [3.63, 3.8) is 0 Å². The lowest BCUT2D eigenvalue weighted by molar-refractivity contribution is 0.541. The first-order valence-corrected chi connectivity index (χ1v) is 7.84. The largest absolute Gasteiger partial charge is 0.343 e. The Morgan fingerprint density at radius 3 is 2.86 bits per heavy atom. The second-order valence-electron chi connectivity index (χ2n) is 5.93. The van der Waals surface area contributed by atoms with E-state index in [2.05, 4.69) is 45.4 Å². The number of hydrogen-bond donors (Lipinski definition) is 1. The second-order valence-corrected chi connectivity index (χ2v) is 5.93. The fourth-order valence-electron chi connectivity index (χ4n) is 3.15. The highest BCUT2D eigenvalue weighted by Crippen LogP contribution is 2.26. The summed E-state index contributed by atoms with van der Waals surface area (Å²) in [6.45, 7) is 2.16. The Labute approximate surface area is 129 Å². The summed E-state index contributed by atoms with van der Waals surface area (Å²) in [7, 11) is 0. The van der Waals surface area contributed by atoms with Crippen LogP contribution in [0.2, 0.25) is 0 Å². The van der Waals surface area contributed by atoms with Crippen molar-refractivity contribution in [1.29, 1.82) is 0 Å². The Morgan fingerprint density at radius 2 is 2.05 bits per heavy atom. The Bertz CT molecular complexity index is 772. The van der Waals surface area contributed by atoms with Crippen LogP contribution in [0.5, 0.6) is 0 Å². The highest BCUT2D eigenvalue weighted by Gasteiger charge is 2.15. The first kappa shape index (κ1) is 13.2. The number of benzene rings is 1. The van der Waals surface area contributed by atoms with Crippen LogP contribution in [-0.4, -0.2) is 25.0 Å². The maximum absolute atomic E-state index is 4.27. The molecule has 2 heterocycles. The Hall–Kier alpha value is -2.43. The first-order valence-electron chi connectivity index (χ1n) is 7.84. The molecule has 4 rings (SSSR count). The van der Waals surface area contributed by atoms with Gasteiger partial charge in [-0.25, -0.2) is 9.67 Å². The van der Waals surface area contributed by atoms with Crippen LogP contribution in [0.3, 0.4) is 0 Å². The summed E-state index contributed by atoms with van der Waals surface area (Å²) in [5.74, 6) is 0.754. The minimum absolute atomic E-state index is 0.170. The highest BCUT2D eigenvalue weighted by molar-refractivity contribution is 5.46. The zero-order valence-electron chi connectivity index (χ0n) is 12.7. The lowest BCUT2D eigenvalue weighted by Gasteiger charge is -2.19. The van der Waals surface area contributed by atoms with Crippen LogP contribution in [0, 0.1) is 0 Å². The van der Waals surface area contributed by atoms with Crippen LogP contribution >= 0.6 is 0 Å². The zero-order valence-corrected chi connectivity index (χ0v) is 12.7. The van der Waals surface area contributed by atoms with E-state index in [9.17, 15) is 0 Å². The van der Waals surface area contributed by atoms with Crippen LogP contribution in [-0.2, 0) is 12.8 Å². The summed E-state index contributed by atoms with van der Waals surface area (Å²) in [5.41, 5.74) is 5.07. The molecule has 0 radical (unpaired) electrons. The lowest BCUT2D eigenvalue weighted by Crippen LogP contribution is -2.10. The maximum Gasteiger partial charge on any atom is 0.159 e. The third kappa shape index (κ3) is 2.32. The van der Waals surface area contributed by atoms with Gasteiger partial charge in [0.05, 0.1) is 12.2 Å². The summed E-state index contributed by atoms with van der Waals surface area (Å²) < 4.78 is 1.91. The molecule has 0 saturated carbocycles. The number of nitrogens with one attached hydrogen (secondary N) is 1. The number of aromatic nitrogens is 5. The van der Waals surface area contributed by atoms with Crippen LogP contribution in [0.1, 0.15) is 42.5 Å². The first-order chi connectivity index (χ1) is 10.8. The van der Waals surface area contributed by atoms with Gasteiger partial charge in [-0.15, -0.1) is 5.10 Å². The molecule has 0 saturated heterocycles. The normalized spacial score (nSPS) is 15.5. The third-order valence-electron chi connectivity index (χ3n) is 4.50. The van der Waals surface area contributed by atoms with Crippen LogP contribution in [0.4, 0.5) is 0 Å². The van der Waals surface area contributed by atoms with Gasteiger partial charge in [-0.3, -0.25) is 0 Å². The van der Waals surface area contributed by atoms with Crippen molar-refractivity contribution in [2.75, 3.05) is 0 Å². The number of aryl methyl sites for hydroxylation is 2. The van der Waals surface area contributed by atoms with Crippen molar-refractivity contribution in [1.82, 2.24) is 25.0 Å². The molecule has 1 aliphatic rings. The minimum Gasteiger partial charge on any atom is -0.343 e. The molecule has 1 atom stereocenters. The predicted molar refractivity (Wildman–Crippen MR) is 84.5 cm³/mol. The number of nitrogens with zero attached hydrogens (tertiary/aromatic N) is 4. The Kier molecular flexibility index (Phi) is 3.25. The fourth-order valence-corrected chi connectivity index (χ4v) is 3.15. The van der Waals surface area contributed by atoms with Crippen LogP contribution < -0.4 is 0 Å². The second kappa shape index (κ2) is 5.40. The van der Waals surface area contributed by atoms with Gasteiger partial charge in [-0.05, 0) is 49.3 Å². The molecule has 2 aromatic heterocycles. The molecule has 112 valence electrons. The number of H-pyrrole nitrogens is 1. The monoisotopic (exact) mass is 293 g/mol. The Morgan fingerprint density at radius 1 is 1.18 bits per heavy atom. The summed E-state index contributed by atoms with van der Waals surface area (Å²) in [4.78, 5) is 7.28. The molecule has 0 unspecified atom stereocenters. The molecule has 0 aliphatic heterocycles. The third-order valence-corrected chi connectivity index (χ3v) is 4.50. The van der Waals surface area contributed by atoms with E-state index in [1.54, 1.807) is 12.4 Å². The highest BCUT2D eigenvalue weighted by atomic mass is 15.4. The number of rotatable bonds is 3. The van der Waals surface area contributed by atoms with Gasteiger partial charge < -0.3 is 4.98 Å². The topological polar surface area (TPSA) is 59.4 Å². The van der Waals surface area contributed by atoms with Gasteiger partial charge in [0.2, 0.25) is 0 Å². The van der Waals surface area contributed by atoms with Crippen molar-refractivity contribution >= 4 is 0 Å². The van der Waals surface area contributed by atoms with Crippen molar-refractivity contribution in [2.24, 2.45) is 0 Å². The Balaban J connectivity index is 1.63. The molecular formula is C17H19N5. The van der Waals surface area contributed by atoms with Crippen LogP contribution in [0.25, 0.3) is 11.5 Å². The van der Waals surface area contributed by atoms with Crippen molar-refractivity contribution < 1.29 is 0 Å². The zero-order chi connectivity index (χ0) is 14.9. The number of hydrogen-bond acceptors (Lipinski definition) is 3. The molecule has 1 N–H and O–H groups in total. The van der Waals surface area contributed by atoms with Gasteiger partial charge in [0.15, 0.2) is 5.82 Å². The average molecular weight is 293 g/mol. The van der Waals surface area contributed by atoms with Gasteiger partial charge in [-0.1, -0.05) is 23.4 Å². The van der Waals surface area contributed by atoms with E-state index in [1.807, 2.05) is 10.9 Å². The lowest BCUT2D eigenvalue weighted by atomic mass is 9.89. The summed E-state index contributed by atoms with van der Waals surface area (Å²) in [6.07, 6.45) is 10.5. The van der Waals surface area contributed by atoms with Gasteiger partial charge in [-0.2, -0.15) is 0 Å². The SMILES string of the molecule is C[C@@H](c1ccc2c(c1)CCCC2)n1cc(-c2ncc[nH]2)nn1. The summed E-state index contributed by atoms with van der Waals surface area (Å²) in [6, 6.07) is 7.02. The van der Waals surface area contributed by atoms with E-state index in [-0.39, 0.29) is 6.04 Å². The van der Waals surface area contributed by atoms with Crippen LogP contribution in [0.15, 0.2) is 36.8 Å². The standard InChI is InChI=1S/C17H19N5/c1-12(14-7-6-13-4-2-3-5-15(13)10-14)22-11-16(20-21-22)17-18-8-9-19-17/h6-12H,2-5H2,1H3,(H,18,19)/t12-/m0/s1. The van der Waals surface area contributed by atoms with Crippen molar-refractivity contribution in [2.45, 2.75) is 38.6 Å². The van der Waals surface area contributed by atoms with Gasteiger partial charge >= 0.3 is 0 Å². The summed E-state index contributed by atoms with van der Waals surface area (Å²) >= 11 is 0. The molecule has 3 aromatic rings. The molecule has 5 nitrogen and oxygen atoms in total. The predicted octanol–water partition coefficient (Wildman–Crippen LogP) is 3.16. The van der Waals surface area contributed by atoms with Crippen molar-refractivity contribution in [3.8, 4) is 11.5 Å². The molecule has 5 heteroatoms. The summed E-state index contributed by atoms with van der Waals surface area (Å²) in [5, 5.41) is 8.48. The van der Waals surface area contributed by atoms with Crippen molar-refractivity contribution in [3.05, 3.63) is 53.5 Å². The molecule has 22 heavy (non-hydrogen) atoms.